The normalized spacial score (nSPS) is 11.0. The molecule has 9 nitrogen and oxygen atoms in total. The predicted octanol–water partition coefficient (Wildman–Crippen LogP) is 2.01. The molecular formula is C12H13N5O4S. The van der Waals surface area contributed by atoms with E-state index < -0.39 is 4.92 Å². The third-order valence-corrected chi connectivity index (χ3v) is 3.14. The third-order valence-electron chi connectivity index (χ3n) is 2.87. The van der Waals surface area contributed by atoms with E-state index in [0.717, 1.165) is 6.07 Å². The van der Waals surface area contributed by atoms with Crippen LogP contribution in [0.15, 0.2) is 17.2 Å². The van der Waals surface area contributed by atoms with E-state index in [9.17, 15) is 15.2 Å². The maximum absolute atomic E-state index is 11.1. The molecule has 0 spiro atoms. The topological polar surface area (TPSA) is 119 Å². The molecule has 2 N–H and O–H groups in total. The number of hydrogen-bond acceptors (Lipinski definition) is 7. The Kier molecular flexibility index (Phi) is 4.51. The first-order chi connectivity index (χ1) is 10.5. The van der Waals surface area contributed by atoms with E-state index in [4.69, 9.17) is 17.0 Å². The van der Waals surface area contributed by atoms with Crippen LogP contribution in [0.25, 0.3) is 0 Å². The highest BCUT2D eigenvalue weighted by Crippen LogP contribution is 2.32. The summed E-state index contributed by atoms with van der Waals surface area (Å²) in [5.74, 6) is 0.376. The number of phenolic OH excluding ortho intramolecular Hbond substituents is 1. The lowest BCUT2D eigenvalue weighted by Gasteiger charge is -2.05. The average molecular weight is 323 g/mol. The second kappa shape index (κ2) is 6.35. The molecule has 0 fully saturated rings. The molecular weight excluding hydrogens is 310 g/mol. The van der Waals surface area contributed by atoms with Crippen LogP contribution in [0.1, 0.15) is 18.3 Å². The highest BCUT2D eigenvalue weighted by molar-refractivity contribution is 7.71. The van der Waals surface area contributed by atoms with Gasteiger partial charge in [0.1, 0.15) is 0 Å². The molecule has 116 valence electrons. The van der Waals surface area contributed by atoms with Gasteiger partial charge in [0, 0.05) is 6.42 Å². The van der Waals surface area contributed by atoms with Crippen molar-refractivity contribution < 1.29 is 14.8 Å². The number of benzene rings is 1. The molecule has 10 heteroatoms. The maximum atomic E-state index is 11.1. The minimum Gasteiger partial charge on any atom is -0.504 e. The van der Waals surface area contributed by atoms with Crippen LogP contribution >= 0.6 is 12.2 Å². The van der Waals surface area contributed by atoms with Gasteiger partial charge in [-0.25, -0.2) is 0 Å². The number of nitrogens with zero attached hydrogens (tertiary/aromatic N) is 4. The van der Waals surface area contributed by atoms with Gasteiger partial charge in [-0.2, -0.15) is 14.9 Å². The molecule has 1 aromatic heterocycles. The number of H-pyrrole nitrogens is 1. The number of aryl methyl sites for hydroxylation is 1. The van der Waals surface area contributed by atoms with E-state index in [2.05, 4.69) is 15.3 Å². The summed E-state index contributed by atoms with van der Waals surface area (Å²) >= 11 is 5.03. The molecule has 2 aromatic rings. The quantitative estimate of drug-likeness (QED) is 0.376. The standard InChI is InChI=1S/C12H13N5O4S/c1-3-11-14-15-12(22)16(11)13-6-7-4-9(18)10(21-2)5-8(7)17(19)20/h4-6,18H,3H2,1-2H3,(H,15,22)/b13-6-. The Morgan fingerprint density at radius 3 is 2.95 bits per heavy atom. The van der Waals surface area contributed by atoms with Crippen LogP contribution in [0.5, 0.6) is 11.5 Å². The lowest BCUT2D eigenvalue weighted by molar-refractivity contribution is -0.385. The van der Waals surface area contributed by atoms with Gasteiger partial charge in [-0.3, -0.25) is 15.2 Å². The number of methoxy groups -OCH3 is 1. The molecule has 0 bridgehead atoms. The van der Waals surface area contributed by atoms with Crippen molar-refractivity contribution in [3.05, 3.63) is 38.4 Å². The largest absolute Gasteiger partial charge is 0.504 e. The summed E-state index contributed by atoms with van der Waals surface area (Å²) < 4.78 is 6.49. The molecule has 2 rings (SSSR count). The number of aromatic hydroxyl groups is 1. The van der Waals surface area contributed by atoms with Gasteiger partial charge < -0.3 is 9.84 Å². The highest BCUT2D eigenvalue weighted by Gasteiger charge is 2.17. The molecule has 1 heterocycles. The number of nitro groups is 1. The van der Waals surface area contributed by atoms with Crippen LogP contribution in [0, 0.1) is 14.9 Å². The first-order valence-electron chi connectivity index (χ1n) is 6.24. The van der Waals surface area contributed by atoms with Crippen LogP contribution in [0.3, 0.4) is 0 Å². The van der Waals surface area contributed by atoms with Gasteiger partial charge in [0.05, 0.1) is 29.9 Å². The van der Waals surface area contributed by atoms with Crippen molar-refractivity contribution in [1.29, 1.82) is 0 Å². The lowest BCUT2D eigenvalue weighted by Crippen LogP contribution is -2.00. The Labute approximate surface area is 130 Å². The van der Waals surface area contributed by atoms with E-state index in [1.807, 2.05) is 6.92 Å². The number of hydrogen-bond donors (Lipinski definition) is 2. The second-order valence-corrected chi connectivity index (χ2v) is 4.58. The molecule has 0 saturated heterocycles. The van der Waals surface area contributed by atoms with Gasteiger partial charge in [-0.05, 0) is 18.3 Å². The average Bonchev–Trinajstić information content (AvgIpc) is 2.85. The summed E-state index contributed by atoms with van der Waals surface area (Å²) in [5.41, 5.74) is -0.125. The number of rotatable bonds is 5. The van der Waals surface area contributed by atoms with Crippen molar-refractivity contribution in [3.8, 4) is 11.5 Å². The maximum Gasteiger partial charge on any atom is 0.282 e. The fraction of sp³-hybridized carbons (Fsp3) is 0.250. The van der Waals surface area contributed by atoms with Gasteiger partial charge in [-0.1, -0.05) is 6.92 Å². The zero-order valence-electron chi connectivity index (χ0n) is 11.8. The summed E-state index contributed by atoms with van der Waals surface area (Å²) in [4.78, 5) is 10.5. The van der Waals surface area contributed by atoms with Crippen molar-refractivity contribution in [2.75, 3.05) is 7.11 Å². The van der Waals surface area contributed by atoms with Crippen LogP contribution < -0.4 is 4.74 Å². The first-order valence-corrected chi connectivity index (χ1v) is 6.64. The van der Waals surface area contributed by atoms with Crippen LogP contribution in [-0.4, -0.2) is 38.2 Å². The molecule has 0 unspecified atom stereocenters. The van der Waals surface area contributed by atoms with Crippen LogP contribution in [0.2, 0.25) is 0 Å². The van der Waals surface area contributed by atoms with Crippen molar-refractivity contribution in [2.24, 2.45) is 5.10 Å². The minimum atomic E-state index is -0.585. The van der Waals surface area contributed by atoms with Crippen molar-refractivity contribution in [2.45, 2.75) is 13.3 Å². The number of nitro benzene ring substituents is 1. The fourth-order valence-corrected chi connectivity index (χ4v) is 1.99. The summed E-state index contributed by atoms with van der Waals surface area (Å²) in [7, 11) is 1.31. The van der Waals surface area contributed by atoms with Crippen LogP contribution in [0.4, 0.5) is 5.69 Å². The Balaban J connectivity index is 2.50. The lowest BCUT2D eigenvalue weighted by atomic mass is 10.1. The number of aromatic nitrogens is 3. The molecule has 22 heavy (non-hydrogen) atoms. The number of phenols is 1. The fourth-order valence-electron chi connectivity index (χ4n) is 1.79. The number of aromatic amines is 1. The minimum absolute atomic E-state index is 0.0121. The number of ether oxygens (including phenoxy) is 1. The Hall–Kier alpha value is -2.75. The zero-order chi connectivity index (χ0) is 16.3. The van der Waals surface area contributed by atoms with Gasteiger partial charge in [0.15, 0.2) is 17.3 Å². The van der Waals surface area contributed by atoms with E-state index in [1.165, 1.54) is 24.1 Å². The number of nitrogens with one attached hydrogen (secondary N) is 1. The molecule has 0 aliphatic rings. The van der Waals surface area contributed by atoms with E-state index in [-0.39, 0.29) is 27.5 Å². The van der Waals surface area contributed by atoms with Crippen LogP contribution in [-0.2, 0) is 6.42 Å². The smallest absolute Gasteiger partial charge is 0.282 e. The first kappa shape index (κ1) is 15.6. The summed E-state index contributed by atoms with van der Waals surface area (Å²) in [6.45, 7) is 1.87. The van der Waals surface area contributed by atoms with Crippen molar-refractivity contribution in [1.82, 2.24) is 14.9 Å². The molecule has 0 saturated carbocycles. The van der Waals surface area contributed by atoms with Gasteiger partial charge in [-0.15, -0.1) is 0 Å². The Morgan fingerprint density at radius 2 is 2.36 bits per heavy atom. The van der Waals surface area contributed by atoms with Crippen molar-refractivity contribution >= 4 is 24.1 Å². The molecule has 0 atom stereocenters. The van der Waals surface area contributed by atoms with Crippen molar-refractivity contribution in [3.63, 3.8) is 0 Å². The second-order valence-electron chi connectivity index (χ2n) is 4.19. The van der Waals surface area contributed by atoms with Gasteiger partial charge >= 0.3 is 0 Å². The molecule has 0 amide bonds. The highest BCUT2D eigenvalue weighted by atomic mass is 32.1. The van der Waals surface area contributed by atoms with Gasteiger partial charge in [0.25, 0.3) is 5.69 Å². The predicted molar refractivity (Wildman–Crippen MR) is 81.1 cm³/mol. The monoisotopic (exact) mass is 323 g/mol. The Morgan fingerprint density at radius 1 is 1.64 bits per heavy atom. The van der Waals surface area contributed by atoms with E-state index in [0.29, 0.717) is 12.2 Å². The third kappa shape index (κ3) is 2.96. The zero-order valence-corrected chi connectivity index (χ0v) is 12.6. The summed E-state index contributed by atoms with van der Waals surface area (Å²) in [6.07, 6.45) is 1.82. The molecule has 0 aliphatic carbocycles. The Bertz CT molecular complexity index is 795. The van der Waals surface area contributed by atoms with Gasteiger partial charge in [0.2, 0.25) is 4.77 Å². The molecule has 1 aromatic carbocycles. The summed E-state index contributed by atoms with van der Waals surface area (Å²) in [5, 5.41) is 31.5. The summed E-state index contributed by atoms with van der Waals surface area (Å²) in [6, 6.07) is 2.34. The molecule has 0 aliphatic heterocycles. The SMILES string of the molecule is CCc1n[nH]c(=S)n1/N=C\c1cc(O)c(OC)cc1[N+](=O)[O-]. The van der Waals surface area contributed by atoms with E-state index >= 15 is 0 Å². The molecule has 0 radical (unpaired) electrons. The van der Waals surface area contributed by atoms with E-state index in [1.54, 1.807) is 0 Å².